The third kappa shape index (κ3) is 4.92. The number of aryl methyl sites for hydroxylation is 1. The minimum Gasteiger partial charge on any atom is -0.494 e. The molecule has 6 bridgehead atoms. The third-order valence-corrected chi connectivity index (χ3v) is 6.14. The van der Waals surface area contributed by atoms with Crippen LogP contribution in [0.1, 0.15) is 87.0 Å². The zero-order valence-electron chi connectivity index (χ0n) is 17.8. The zero-order valence-corrected chi connectivity index (χ0v) is 17.8. The number of nitrogens with one attached hydrogen (secondary N) is 2. The summed E-state index contributed by atoms with van der Waals surface area (Å²) in [5.41, 5.74) is 6.56. The first kappa shape index (κ1) is 19.8. The van der Waals surface area contributed by atoms with Gasteiger partial charge in [0.05, 0.1) is 18.5 Å². The van der Waals surface area contributed by atoms with Crippen LogP contribution in [0.3, 0.4) is 0 Å². The highest BCUT2D eigenvalue weighted by atomic mass is 16.5. The Kier molecular flexibility index (Phi) is 6.38. The fourth-order valence-corrected chi connectivity index (χ4v) is 4.31. The predicted molar refractivity (Wildman–Crippen MR) is 120 cm³/mol. The maximum Gasteiger partial charge on any atom is 0.146 e. The van der Waals surface area contributed by atoms with Crippen LogP contribution in [0.25, 0.3) is 6.08 Å². The maximum absolute atomic E-state index is 5.60. The Labute approximate surface area is 174 Å². The molecule has 4 nitrogen and oxygen atoms in total. The van der Waals surface area contributed by atoms with Crippen LogP contribution in [0.4, 0.5) is 0 Å². The van der Waals surface area contributed by atoms with E-state index in [9.17, 15) is 0 Å². The Morgan fingerprint density at radius 1 is 0.897 bits per heavy atom. The molecule has 2 aliphatic heterocycles. The molecule has 2 aliphatic rings. The van der Waals surface area contributed by atoms with Crippen molar-refractivity contribution in [2.24, 2.45) is 4.99 Å². The number of hydrogen-bond donors (Lipinski definition) is 2. The van der Waals surface area contributed by atoms with Crippen LogP contribution in [-0.4, -0.2) is 22.8 Å². The van der Waals surface area contributed by atoms with Gasteiger partial charge >= 0.3 is 0 Å². The lowest BCUT2D eigenvalue weighted by molar-refractivity contribution is 0.303. The second kappa shape index (κ2) is 9.34. The molecule has 2 aromatic rings. The van der Waals surface area contributed by atoms with Crippen molar-refractivity contribution in [3.63, 3.8) is 0 Å². The number of hydrogen-bond acceptors (Lipinski definition) is 2. The molecule has 0 aromatic carbocycles. The lowest BCUT2D eigenvalue weighted by atomic mass is 9.99. The van der Waals surface area contributed by atoms with E-state index in [1.807, 2.05) is 6.08 Å². The van der Waals surface area contributed by atoms with Crippen molar-refractivity contribution < 1.29 is 4.74 Å². The summed E-state index contributed by atoms with van der Waals surface area (Å²) in [4.78, 5) is 12.0. The summed E-state index contributed by atoms with van der Waals surface area (Å²) in [5, 5.41) is 0. The second-order valence-corrected chi connectivity index (χ2v) is 8.42. The summed E-state index contributed by atoms with van der Waals surface area (Å²) in [6, 6.07) is 8.69. The molecule has 4 rings (SSSR count). The van der Waals surface area contributed by atoms with Crippen molar-refractivity contribution in [2.75, 3.05) is 7.11 Å². The fraction of sp³-hybridized carbons (Fsp3) is 0.480. The SMILES string of the molecule is COC1=CC2=NC1=Cc1ccc([nH]1)CCCCCCCCCC(C)c1ccc2[nH]1. The molecular formula is C25H33N3O. The van der Waals surface area contributed by atoms with Gasteiger partial charge in [0.2, 0.25) is 0 Å². The van der Waals surface area contributed by atoms with Crippen LogP contribution >= 0.6 is 0 Å². The van der Waals surface area contributed by atoms with Crippen LogP contribution < -0.4 is 0 Å². The third-order valence-electron chi connectivity index (χ3n) is 6.14. The number of ether oxygens (including phenoxy) is 1. The van der Waals surface area contributed by atoms with E-state index in [2.05, 4.69) is 47.2 Å². The topological polar surface area (TPSA) is 53.2 Å². The summed E-state index contributed by atoms with van der Waals surface area (Å²) in [7, 11) is 1.71. The Bertz CT molecular complexity index is 912. The van der Waals surface area contributed by atoms with Crippen molar-refractivity contribution in [1.29, 1.82) is 0 Å². The monoisotopic (exact) mass is 391 g/mol. The molecule has 0 fully saturated rings. The number of nitrogens with zero attached hydrogens (tertiary/aromatic N) is 1. The minimum atomic E-state index is 0.551. The number of fused-ring (bicyclic) bond motifs is 6. The van der Waals surface area contributed by atoms with Gasteiger partial charge in [-0.1, -0.05) is 45.4 Å². The van der Waals surface area contributed by atoms with Gasteiger partial charge in [-0.3, -0.25) is 0 Å². The number of aromatic nitrogens is 2. The van der Waals surface area contributed by atoms with Gasteiger partial charge in [-0.05, 0) is 55.5 Å². The Morgan fingerprint density at radius 3 is 2.52 bits per heavy atom. The highest BCUT2D eigenvalue weighted by molar-refractivity contribution is 6.11. The van der Waals surface area contributed by atoms with Gasteiger partial charge in [0.1, 0.15) is 11.5 Å². The first-order valence-corrected chi connectivity index (χ1v) is 11.2. The Morgan fingerprint density at radius 2 is 1.69 bits per heavy atom. The smallest absolute Gasteiger partial charge is 0.146 e. The number of rotatable bonds is 1. The van der Waals surface area contributed by atoms with Crippen LogP contribution in [-0.2, 0) is 11.2 Å². The highest BCUT2D eigenvalue weighted by Gasteiger charge is 2.19. The van der Waals surface area contributed by atoms with E-state index in [0.717, 1.165) is 35.0 Å². The van der Waals surface area contributed by atoms with Crippen LogP contribution in [0.15, 0.2) is 46.8 Å². The number of aromatic amines is 2. The summed E-state index contributed by atoms with van der Waals surface area (Å²) >= 11 is 0. The molecule has 0 amide bonds. The summed E-state index contributed by atoms with van der Waals surface area (Å²) in [5.74, 6) is 1.36. The lowest BCUT2D eigenvalue weighted by Gasteiger charge is -2.09. The van der Waals surface area contributed by atoms with E-state index in [4.69, 9.17) is 9.73 Å². The van der Waals surface area contributed by atoms with E-state index in [-0.39, 0.29) is 0 Å². The molecular weight excluding hydrogens is 358 g/mol. The van der Waals surface area contributed by atoms with Crippen molar-refractivity contribution in [1.82, 2.24) is 9.97 Å². The van der Waals surface area contributed by atoms with Gasteiger partial charge in [0, 0.05) is 23.2 Å². The molecule has 0 saturated carbocycles. The van der Waals surface area contributed by atoms with Crippen LogP contribution in [0, 0.1) is 0 Å². The largest absolute Gasteiger partial charge is 0.494 e. The van der Waals surface area contributed by atoms with E-state index in [1.165, 1.54) is 62.8 Å². The quantitative estimate of drug-likeness (QED) is 0.573. The molecule has 0 saturated heterocycles. The Hall–Kier alpha value is -2.49. The zero-order chi connectivity index (χ0) is 20.1. The second-order valence-electron chi connectivity index (χ2n) is 8.42. The molecule has 0 aliphatic carbocycles. The number of methoxy groups -OCH3 is 1. The molecule has 4 heterocycles. The molecule has 0 spiro atoms. The normalized spacial score (nSPS) is 21.2. The molecule has 1 atom stereocenters. The minimum absolute atomic E-state index is 0.551. The van der Waals surface area contributed by atoms with Crippen LogP contribution in [0.5, 0.6) is 0 Å². The van der Waals surface area contributed by atoms with Gasteiger partial charge in [0.15, 0.2) is 0 Å². The summed E-state index contributed by atoms with van der Waals surface area (Å²) in [6.07, 6.45) is 15.8. The molecule has 0 radical (unpaired) electrons. The van der Waals surface area contributed by atoms with E-state index in [1.54, 1.807) is 7.11 Å². The van der Waals surface area contributed by atoms with Gasteiger partial charge < -0.3 is 14.7 Å². The van der Waals surface area contributed by atoms with Crippen molar-refractivity contribution in [2.45, 2.75) is 70.6 Å². The molecule has 29 heavy (non-hydrogen) atoms. The first-order chi connectivity index (χ1) is 14.2. The van der Waals surface area contributed by atoms with E-state index in [0.29, 0.717) is 5.92 Å². The van der Waals surface area contributed by atoms with Gasteiger partial charge in [-0.25, -0.2) is 4.99 Å². The van der Waals surface area contributed by atoms with Gasteiger partial charge in [0.25, 0.3) is 0 Å². The van der Waals surface area contributed by atoms with Crippen molar-refractivity contribution >= 4 is 11.8 Å². The van der Waals surface area contributed by atoms with E-state index >= 15 is 0 Å². The van der Waals surface area contributed by atoms with Gasteiger partial charge in [-0.15, -0.1) is 0 Å². The number of aliphatic imine (C=N–C) groups is 1. The highest BCUT2D eigenvalue weighted by Crippen LogP contribution is 2.27. The Balaban J connectivity index is 1.60. The molecule has 1 unspecified atom stereocenters. The van der Waals surface area contributed by atoms with Gasteiger partial charge in [-0.2, -0.15) is 0 Å². The molecule has 2 aromatic heterocycles. The standard InChI is InChI=1S/C25H33N3O/c1-18-10-8-6-4-3-5-7-9-11-19-12-13-20(26-19)16-24-25(29-2)17-23(28-24)22-15-14-21(18)27-22/h12-18,26-27H,3-11H2,1-2H3. The van der Waals surface area contributed by atoms with Crippen molar-refractivity contribution in [3.05, 3.63) is 64.6 Å². The fourth-order valence-electron chi connectivity index (χ4n) is 4.31. The maximum atomic E-state index is 5.60. The average Bonchev–Trinajstić information content (AvgIpc) is 3.45. The van der Waals surface area contributed by atoms with Crippen LogP contribution in [0.2, 0.25) is 0 Å². The summed E-state index contributed by atoms with van der Waals surface area (Å²) < 4.78 is 5.60. The molecule has 154 valence electrons. The molecule has 2 N–H and O–H groups in total. The predicted octanol–water partition coefficient (Wildman–Crippen LogP) is 6.50. The van der Waals surface area contributed by atoms with Crippen molar-refractivity contribution in [3.8, 4) is 0 Å². The summed E-state index contributed by atoms with van der Waals surface area (Å²) in [6.45, 7) is 2.32. The number of H-pyrrole nitrogens is 2. The lowest BCUT2D eigenvalue weighted by Crippen LogP contribution is -1.98. The first-order valence-electron chi connectivity index (χ1n) is 11.2. The average molecular weight is 392 g/mol. The molecule has 4 heteroatoms. The number of allylic oxidation sites excluding steroid dienone is 1. The van der Waals surface area contributed by atoms with E-state index < -0.39 is 0 Å².